The molecule has 3 N–H and O–H groups in total. The third-order valence-electron chi connectivity index (χ3n) is 5.43. The first-order chi connectivity index (χ1) is 15.7. The van der Waals surface area contributed by atoms with E-state index in [1.807, 2.05) is 75.1 Å². The van der Waals surface area contributed by atoms with Crippen LogP contribution in [0.5, 0.6) is 28.7 Å². The van der Waals surface area contributed by atoms with Crippen LogP contribution in [0.2, 0.25) is 0 Å². The summed E-state index contributed by atoms with van der Waals surface area (Å²) in [6.45, 7) is 7.57. The maximum absolute atomic E-state index is 10.2. The van der Waals surface area contributed by atoms with Crippen LogP contribution in [-0.2, 0) is 0 Å². The van der Waals surface area contributed by atoms with Crippen LogP contribution in [0.4, 0.5) is 17.1 Å². The standard InChI is InChI=1S/C28H27NO4/c1-17-9-22(15-24(30)11-17)29(23-10-18(2)12-25(31)16-23)21-5-7-26(8-6-21)33-28-14-19(3)27(32)13-20(28)4/h5-16,30-32H,1-4H3. The van der Waals surface area contributed by atoms with Crippen molar-refractivity contribution >= 4 is 17.1 Å². The molecule has 0 atom stereocenters. The number of hydrogen-bond donors (Lipinski definition) is 3. The number of hydrogen-bond acceptors (Lipinski definition) is 5. The Labute approximate surface area is 193 Å². The van der Waals surface area contributed by atoms with Crippen LogP contribution < -0.4 is 9.64 Å². The SMILES string of the molecule is Cc1cc(O)cc(N(c2ccc(Oc3cc(C)c(O)cc3C)cc2)c2cc(C)cc(O)c2)c1. The van der Waals surface area contributed by atoms with Gasteiger partial charge < -0.3 is 25.0 Å². The van der Waals surface area contributed by atoms with E-state index in [4.69, 9.17) is 4.74 Å². The van der Waals surface area contributed by atoms with Gasteiger partial charge in [0.15, 0.2) is 0 Å². The fraction of sp³-hybridized carbons (Fsp3) is 0.143. The number of ether oxygens (including phenoxy) is 1. The summed E-state index contributed by atoms with van der Waals surface area (Å²) >= 11 is 0. The van der Waals surface area contributed by atoms with Crippen molar-refractivity contribution in [3.63, 3.8) is 0 Å². The minimum atomic E-state index is 0.171. The van der Waals surface area contributed by atoms with Crippen molar-refractivity contribution in [2.75, 3.05) is 4.90 Å². The van der Waals surface area contributed by atoms with Gasteiger partial charge in [0.2, 0.25) is 0 Å². The first-order valence-corrected chi connectivity index (χ1v) is 10.7. The third kappa shape index (κ3) is 4.88. The Morgan fingerprint density at radius 3 is 1.64 bits per heavy atom. The zero-order valence-electron chi connectivity index (χ0n) is 19.1. The summed E-state index contributed by atoms with van der Waals surface area (Å²) in [5, 5.41) is 30.3. The smallest absolute Gasteiger partial charge is 0.130 e. The monoisotopic (exact) mass is 441 g/mol. The topological polar surface area (TPSA) is 73.2 Å². The highest BCUT2D eigenvalue weighted by Gasteiger charge is 2.16. The Hall–Kier alpha value is -4.12. The highest BCUT2D eigenvalue weighted by atomic mass is 16.5. The fourth-order valence-electron chi connectivity index (χ4n) is 3.87. The second kappa shape index (κ2) is 8.79. The molecule has 4 aromatic rings. The summed E-state index contributed by atoms with van der Waals surface area (Å²) in [5.74, 6) is 1.93. The van der Waals surface area contributed by atoms with Gasteiger partial charge >= 0.3 is 0 Å². The number of benzene rings is 4. The van der Waals surface area contributed by atoms with E-state index < -0.39 is 0 Å². The zero-order chi connectivity index (χ0) is 23.7. The highest BCUT2D eigenvalue weighted by molar-refractivity contribution is 5.78. The molecule has 33 heavy (non-hydrogen) atoms. The first kappa shape index (κ1) is 22.1. The molecule has 0 heterocycles. The van der Waals surface area contributed by atoms with Gasteiger partial charge in [-0.2, -0.15) is 0 Å². The van der Waals surface area contributed by atoms with Gasteiger partial charge in [-0.1, -0.05) is 0 Å². The van der Waals surface area contributed by atoms with Gasteiger partial charge in [0.05, 0.1) is 11.4 Å². The lowest BCUT2D eigenvalue weighted by Gasteiger charge is -2.26. The first-order valence-electron chi connectivity index (χ1n) is 10.7. The van der Waals surface area contributed by atoms with E-state index in [2.05, 4.69) is 0 Å². The molecule has 0 unspecified atom stereocenters. The quantitative estimate of drug-likeness (QED) is 0.303. The molecule has 0 saturated heterocycles. The van der Waals surface area contributed by atoms with E-state index in [9.17, 15) is 15.3 Å². The van der Waals surface area contributed by atoms with E-state index in [0.29, 0.717) is 11.5 Å². The number of aromatic hydroxyl groups is 3. The van der Waals surface area contributed by atoms with E-state index in [0.717, 1.165) is 39.3 Å². The van der Waals surface area contributed by atoms with Gasteiger partial charge in [0, 0.05) is 17.8 Å². The molecule has 0 fully saturated rings. The average molecular weight is 442 g/mol. The van der Waals surface area contributed by atoms with Crippen molar-refractivity contribution in [1.82, 2.24) is 0 Å². The summed E-state index contributed by atoms with van der Waals surface area (Å²) < 4.78 is 6.06. The molecule has 4 aromatic carbocycles. The van der Waals surface area contributed by atoms with Crippen LogP contribution in [-0.4, -0.2) is 15.3 Å². The van der Waals surface area contributed by atoms with Crippen molar-refractivity contribution in [3.05, 3.63) is 95.1 Å². The van der Waals surface area contributed by atoms with Gasteiger partial charge in [-0.25, -0.2) is 0 Å². The lowest BCUT2D eigenvalue weighted by atomic mass is 10.1. The third-order valence-corrected chi connectivity index (χ3v) is 5.43. The lowest BCUT2D eigenvalue weighted by molar-refractivity contribution is 0.458. The number of rotatable bonds is 5. The molecule has 0 radical (unpaired) electrons. The van der Waals surface area contributed by atoms with Crippen molar-refractivity contribution in [2.45, 2.75) is 27.7 Å². The molecule has 4 rings (SSSR count). The summed E-state index contributed by atoms with van der Waals surface area (Å²) in [7, 11) is 0. The molecule has 0 amide bonds. The molecular formula is C28H27NO4. The number of aryl methyl sites for hydroxylation is 4. The molecule has 5 heteroatoms. The van der Waals surface area contributed by atoms with E-state index in [1.54, 1.807) is 30.3 Å². The summed E-state index contributed by atoms with van der Waals surface area (Å²) in [6.07, 6.45) is 0. The van der Waals surface area contributed by atoms with Crippen LogP contribution in [0.25, 0.3) is 0 Å². The minimum Gasteiger partial charge on any atom is -0.508 e. The molecule has 0 aliphatic carbocycles. The molecule has 168 valence electrons. The molecule has 0 aromatic heterocycles. The maximum Gasteiger partial charge on any atom is 0.130 e. The van der Waals surface area contributed by atoms with Crippen molar-refractivity contribution in [3.8, 4) is 28.7 Å². The average Bonchev–Trinajstić information content (AvgIpc) is 2.72. The Bertz CT molecular complexity index is 1220. The Kier molecular flexibility index (Phi) is 5.88. The number of nitrogens with zero attached hydrogens (tertiary/aromatic N) is 1. The Morgan fingerprint density at radius 2 is 1.12 bits per heavy atom. The molecule has 0 saturated carbocycles. The van der Waals surface area contributed by atoms with E-state index in [1.165, 1.54) is 0 Å². The summed E-state index contributed by atoms with van der Waals surface area (Å²) in [4.78, 5) is 1.97. The fourth-order valence-corrected chi connectivity index (χ4v) is 3.87. The molecule has 0 spiro atoms. The molecule has 0 bridgehead atoms. The Morgan fingerprint density at radius 1 is 0.576 bits per heavy atom. The molecule has 0 aliphatic rings. The van der Waals surface area contributed by atoms with Gasteiger partial charge in [0.1, 0.15) is 28.7 Å². The van der Waals surface area contributed by atoms with Gasteiger partial charge in [-0.05, 0) is 111 Å². The maximum atomic E-state index is 10.2. The molecule has 0 aliphatic heterocycles. The second-order valence-electron chi connectivity index (χ2n) is 8.39. The van der Waals surface area contributed by atoms with Crippen LogP contribution in [0.15, 0.2) is 72.8 Å². The number of anilines is 3. The minimum absolute atomic E-state index is 0.171. The largest absolute Gasteiger partial charge is 0.508 e. The van der Waals surface area contributed by atoms with Gasteiger partial charge in [-0.3, -0.25) is 0 Å². The van der Waals surface area contributed by atoms with Crippen LogP contribution in [0, 0.1) is 27.7 Å². The predicted molar refractivity (Wildman–Crippen MR) is 132 cm³/mol. The summed E-state index contributed by atoms with van der Waals surface area (Å²) in [6, 6.07) is 21.8. The van der Waals surface area contributed by atoms with Gasteiger partial charge in [-0.15, -0.1) is 0 Å². The second-order valence-corrected chi connectivity index (χ2v) is 8.39. The molecular weight excluding hydrogens is 414 g/mol. The van der Waals surface area contributed by atoms with Crippen LogP contribution in [0.1, 0.15) is 22.3 Å². The zero-order valence-corrected chi connectivity index (χ0v) is 19.1. The summed E-state index contributed by atoms with van der Waals surface area (Å²) in [5.41, 5.74) is 5.82. The molecule has 5 nitrogen and oxygen atoms in total. The lowest BCUT2D eigenvalue weighted by Crippen LogP contribution is -2.10. The highest BCUT2D eigenvalue weighted by Crippen LogP contribution is 2.39. The van der Waals surface area contributed by atoms with Crippen LogP contribution >= 0.6 is 0 Å². The van der Waals surface area contributed by atoms with Crippen LogP contribution in [0.3, 0.4) is 0 Å². The van der Waals surface area contributed by atoms with Crippen molar-refractivity contribution in [2.24, 2.45) is 0 Å². The number of phenolic OH excluding ortho intramolecular Hbond substituents is 3. The van der Waals surface area contributed by atoms with Crippen molar-refractivity contribution in [1.29, 1.82) is 0 Å². The normalized spacial score (nSPS) is 10.8. The van der Waals surface area contributed by atoms with Crippen molar-refractivity contribution < 1.29 is 20.1 Å². The van der Waals surface area contributed by atoms with Gasteiger partial charge in [0.25, 0.3) is 0 Å². The predicted octanol–water partition coefficient (Wildman–Crippen LogP) is 7.30. The van der Waals surface area contributed by atoms with E-state index >= 15 is 0 Å². The number of phenols is 3. The Balaban J connectivity index is 1.74. The van der Waals surface area contributed by atoms with E-state index in [-0.39, 0.29) is 17.2 Å².